The highest BCUT2D eigenvalue weighted by Gasteiger charge is 2.30. The Balaban J connectivity index is 1.69. The molecule has 0 radical (unpaired) electrons. The summed E-state index contributed by atoms with van der Waals surface area (Å²) in [5, 5.41) is 5.34. The van der Waals surface area contributed by atoms with E-state index in [1.807, 2.05) is 61.5 Å². The van der Waals surface area contributed by atoms with E-state index in [1.165, 1.54) is 4.31 Å². The first-order valence-electron chi connectivity index (χ1n) is 11.3. The van der Waals surface area contributed by atoms with Crippen LogP contribution in [0.3, 0.4) is 0 Å². The lowest BCUT2D eigenvalue weighted by Crippen LogP contribution is -2.38. The third-order valence-electron chi connectivity index (χ3n) is 5.86. The Morgan fingerprint density at radius 3 is 2.20 bits per heavy atom. The van der Waals surface area contributed by atoms with Gasteiger partial charge in [-0.15, -0.1) is 0 Å². The molecule has 7 heteroatoms. The van der Waals surface area contributed by atoms with Crippen LogP contribution in [0.25, 0.3) is 10.8 Å². The Hall–Kier alpha value is -3.19. The summed E-state index contributed by atoms with van der Waals surface area (Å²) in [5.41, 5.74) is 3.66. The molecule has 0 spiro atoms. The summed E-state index contributed by atoms with van der Waals surface area (Å²) in [7, 11) is -3.98. The number of hydrogen-bond donors (Lipinski definition) is 1. The van der Waals surface area contributed by atoms with Gasteiger partial charge in [-0.2, -0.15) is 4.31 Å². The van der Waals surface area contributed by atoms with Crippen LogP contribution < -0.4 is 5.32 Å². The average Bonchev–Trinajstić information content (AvgIpc) is 2.79. The molecule has 0 saturated heterocycles. The van der Waals surface area contributed by atoms with Gasteiger partial charge >= 0.3 is 0 Å². The van der Waals surface area contributed by atoms with Gasteiger partial charge in [0.25, 0.3) is 0 Å². The van der Waals surface area contributed by atoms with E-state index in [9.17, 15) is 13.2 Å². The smallest absolute Gasteiger partial charge is 0.244 e. The molecule has 4 aromatic rings. The Labute approximate surface area is 211 Å². The Morgan fingerprint density at radius 1 is 0.886 bits per heavy atom. The van der Waals surface area contributed by atoms with Crippen molar-refractivity contribution in [3.63, 3.8) is 0 Å². The highest BCUT2D eigenvalue weighted by Crippen LogP contribution is 2.27. The zero-order valence-corrected chi connectivity index (χ0v) is 21.5. The predicted molar refractivity (Wildman–Crippen MR) is 142 cm³/mol. The second-order valence-corrected chi connectivity index (χ2v) is 11.0. The van der Waals surface area contributed by atoms with E-state index in [0.29, 0.717) is 21.8 Å². The molecule has 0 atom stereocenters. The van der Waals surface area contributed by atoms with Crippen molar-refractivity contribution >= 4 is 44.0 Å². The number of carbonyl (C=O) groups is 1. The zero-order valence-electron chi connectivity index (χ0n) is 19.9. The summed E-state index contributed by atoms with van der Waals surface area (Å²) in [6, 6.07) is 24.0. The monoisotopic (exact) mass is 506 g/mol. The van der Waals surface area contributed by atoms with Crippen LogP contribution in [-0.4, -0.2) is 25.2 Å². The standard InChI is InChI=1S/C28H27ClN2O3S/c1-19-15-20(2)28(21(3)16-19)35(33,34)31(17-22-11-13-24(29)14-12-22)18-27(32)30-26-10-6-8-23-7-4-5-9-25(23)26/h4-16H,17-18H2,1-3H3,(H,30,32). The normalized spacial score (nSPS) is 11.7. The van der Waals surface area contributed by atoms with E-state index >= 15 is 0 Å². The van der Waals surface area contributed by atoms with Gasteiger partial charge < -0.3 is 5.32 Å². The molecule has 35 heavy (non-hydrogen) atoms. The molecule has 4 aromatic carbocycles. The van der Waals surface area contributed by atoms with Crippen LogP contribution in [0.5, 0.6) is 0 Å². The molecule has 0 unspecified atom stereocenters. The van der Waals surface area contributed by atoms with Gasteiger partial charge in [-0.3, -0.25) is 4.79 Å². The topological polar surface area (TPSA) is 66.5 Å². The van der Waals surface area contributed by atoms with Crippen molar-refractivity contribution in [2.75, 3.05) is 11.9 Å². The van der Waals surface area contributed by atoms with E-state index < -0.39 is 15.9 Å². The molecule has 180 valence electrons. The molecule has 0 saturated carbocycles. The van der Waals surface area contributed by atoms with Gasteiger partial charge in [0.05, 0.1) is 11.4 Å². The van der Waals surface area contributed by atoms with Crippen molar-refractivity contribution in [3.8, 4) is 0 Å². The average molecular weight is 507 g/mol. The number of aryl methyl sites for hydroxylation is 3. The first-order chi connectivity index (χ1) is 16.6. The number of nitrogens with zero attached hydrogens (tertiary/aromatic N) is 1. The minimum atomic E-state index is -3.98. The molecular weight excluding hydrogens is 480 g/mol. The molecule has 0 aliphatic carbocycles. The first-order valence-corrected chi connectivity index (χ1v) is 13.1. The number of halogens is 1. The number of anilines is 1. The maximum atomic E-state index is 13.9. The van der Waals surface area contributed by atoms with Crippen molar-refractivity contribution in [1.82, 2.24) is 4.31 Å². The first kappa shape index (κ1) is 24.9. The molecular formula is C28H27ClN2O3S. The number of benzene rings is 4. The number of carbonyl (C=O) groups excluding carboxylic acids is 1. The summed E-state index contributed by atoms with van der Waals surface area (Å²) >= 11 is 6.02. The molecule has 4 rings (SSSR count). The Kier molecular flexibility index (Phi) is 7.26. The lowest BCUT2D eigenvalue weighted by atomic mass is 10.1. The van der Waals surface area contributed by atoms with Gasteiger partial charge in [-0.1, -0.05) is 77.8 Å². The van der Waals surface area contributed by atoms with E-state index in [2.05, 4.69) is 5.32 Å². The molecule has 5 nitrogen and oxygen atoms in total. The highest BCUT2D eigenvalue weighted by atomic mass is 35.5. The maximum absolute atomic E-state index is 13.9. The van der Waals surface area contributed by atoms with E-state index in [4.69, 9.17) is 11.6 Å². The summed E-state index contributed by atoms with van der Waals surface area (Å²) in [6.45, 7) is 5.20. The number of fused-ring (bicyclic) bond motifs is 1. The van der Waals surface area contributed by atoms with Crippen LogP contribution in [0.1, 0.15) is 22.3 Å². The Bertz CT molecular complexity index is 1470. The molecule has 1 N–H and O–H groups in total. The van der Waals surface area contributed by atoms with Crippen LogP contribution >= 0.6 is 11.6 Å². The number of sulfonamides is 1. The van der Waals surface area contributed by atoms with Gasteiger partial charge in [-0.25, -0.2) is 8.42 Å². The minimum Gasteiger partial charge on any atom is -0.324 e. The molecule has 1 amide bonds. The summed E-state index contributed by atoms with van der Waals surface area (Å²) in [4.78, 5) is 13.4. The fourth-order valence-corrected chi connectivity index (χ4v) is 6.33. The fourth-order valence-electron chi connectivity index (χ4n) is 4.41. The molecule has 0 aromatic heterocycles. The van der Waals surface area contributed by atoms with Crippen molar-refractivity contribution in [2.24, 2.45) is 0 Å². The van der Waals surface area contributed by atoms with E-state index in [1.54, 1.807) is 38.1 Å². The van der Waals surface area contributed by atoms with Crippen molar-refractivity contribution in [3.05, 3.63) is 106 Å². The number of nitrogens with one attached hydrogen (secondary N) is 1. The molecule has 0 aliphatic rings. The second kappa shape index (κ2) is 10.2. The van der Waals surface area contributed by atoms with Crippen LogP contribution in [0.2, 0.25) is 5.02 Å². The summed E-state index contributed by atoms with van der Waals surface area (Å²) < 4.78 is 29.0. The largest absolute Gasteiger partial charge is 0.324 e. The van der Waals surface area contributed by atoms with E-state index in [-0.39, 0.29) is 18.0 Å². The van der Waals surface area contributed by atoms with Crippen molar-refractivity contribution < 1.29 is 13.2 Å². The third kappa shape index (κ3) is 5.56. The maximum Gasteiger partial charge on any atom is 0.244 e. The van der Waals surface area contributed by atoms with Gasteiger partial charge in [0.2, 0.25) is 15.9 Å². The highest BCUT2D eigenvalue weighted by molar-refractivity contribution is 7.89. The van der Waals surface area contributed by atoms with Crippen LogP contribution in [0.15, 0.2) is 83.8 Å². The summed E-state index contributed by atoms with van der Waals surface area (Å²) in [6.07, 6.45) is 0. The van der Waals surface area contributed by atoms with Crippen molar-refractivity contribution in [2.45, 2.75) is 32.2 Å². The SMILES string of the molecule is Cc1cc(C)c(S(=O)(=O)N(CC(=O)Nc2cccc3ccccc23)Cc2ccc(Cl)cc2)c(C)c1. The van der Waals surface area contributed by atoms with Crippen LogP contribution in [0, 0.1) is 20.8 Å². The van der Waals surface area contributed by atoms with Crippen LogP contribution in [0.4, 0.5) is 5.69 Å². The molecule has 0 aliphatic heterocycles. The molecule has 0 fully saturated rings. The second-order valence-electron chi connectivity index (χ2n) is 8.70. The lowest BCUT2D eigenvalue weighted by molar-refractivity contribution is -0.116. The van der Waals surface area contributed by atoms with Gasteiger partial charge in [-0.05, 0) is 61.0 Å². The van der Waals surface area contributed by atoms with Crippen molar-refractivity contribution in [1.29, 1.82) is 0 Å². The zero-order chi connectivity index (χ0) is 25.2. The molecule has 0 heterocycles. The predicted octanol–water partition coefficient (Wildman–Crippen LogP) is 6.25. The van der Waals surface area contributed by atoms with Gasteiger partial charge in [0.1, 0.15) is 0 Å². The Morgan fingerprint density at radius 2 is 1.51 bits per heavy atom. The number of hydrogen-bond acceptors (Lipinski definition) is 3. The number of rotatable bonds is 7. The van der Waals surface area contributed by atoms with Crippen LogP contribution in [-0.2, 0) is 21.4 Å². The lowest BCUT2D eigenvalue weighted by Gasteiger charge is -2.24. The molecule has 0 bridgehead atoms. The van der Waals surface area contributed by atoms with Gasteiger partial charge in [0.15, 0.2) is 0 Å². The fraction of sp³-hybridized carbons (Fsp3) is 0.179. The quantitative estimate of drug-likeness (QED) is 0.322. The number of amides is 1. The van der Waals surface area contributed by atoms with E-state index in [0.717, 1.165) is 21.9 Å². The minimum absolute atomic E-state index is 0.0369. The van der Waals surface area contributed by atoms with Gasteiger partial charge in [0, 0.05) is 22.6 Å². The summed E-state index contributed by atoms with van der Waals surface area (Å²) in [5.74, 6) is -0.415. The third-order valence-corrected chi connectivity index (χ3v) is 8.21.